The van der Waals surface area contributed by atoms with Gasteiger partial charge in [-0.05, 0) is 25.1 Å². The van der Waals surface area contributed by atoms with Gasteiger partial charge >= 0.3 is 0 Å². The van der Waals surface area contributed by atoms with Crippen LogP contribution in [-0.2, 0) is 0 Å². The molecule has 102 valence electrons. The molecule has 0 bridgehead atoms. The Morgan fingerprint density at radius 2 is 2.16 bits per heavy atom. The Bertz CT molecular complexity index is 521. The molecule has 1 aromatic carbocycles. The van der Waals surface area contributed by atoms with Crippen LogP contribution < -0.4 is 5.73 Å². The van der Waals surface area contributed by atoms with Crippen LogP contribution in [0.4, 0.5) is 5.69 Å². The van der Waals surface area contributed by atoms with Gasteiger partial charge in [0.05, 0.1) is 11.4 Å². The van der Waals surface area contributed by atoms with Gasteiger partial charge in [-0.3, -0.25) is 5.41 Å². The van der Waals surface area contributed by atoms with E-state index in [1.54, 1.807) is 0 Å². The fourth-order valence-corrected chi connectivity index (χ4v) is 2.03. The number of benzene rings is 1. The normalized spacial score (nSPS) is 13.4. The highest BCUT2D eigenvalue weighted by Crippen LogP contribution is 2.33. The number of allylic oxidation sites excluding steroid dienone is 1. The third-order valence-corrected chi connectivity index (χ3v) is 3.34. The predicted molar refractivity (Wildman–Crippen MR) is 87.8 cm³/mol. The maximum absolute atomic E-state index is 7.61. The van der Waals surface area contributed by atoms with Crippen LogP contribution >= 0.6 is 27.5 Å². The molecule has 3 N–H and O–H groups in total. The highest BCUT2D eigenvalue weighted by Gasteiger charge is 2.19. The molecule has 0 atom stereocenters. The summed E-state index contributed by atoms with van der Waals surface area (Å²) < 4.78 is 0.936. The number of hydrogen-bond donors (Lipinski definition) is 2. The van der Waals surface area contributed by atoms with E-state index >= 15 is 0 Å². The number of hydrogen-bond acceptors (Lipinski definition) is 3. The van der Waals surface area contributed by atoms with Gasteiger partial charge in [-0.2, -0.15) is 0 Å². The van der Waals surface area contributed by atoms with E-state index in [1.807, 2.05) is 18.2 Å². The molecule has 0 saturated heterocycles. The lowest BCUT2D eigenvalue weighted by molar-refractivity contribution is 0.807. The first kappa shape index (κ1) is 16.1. The number of nitrogens with one attached hydrogen (secondary N) is 1. The molecule has 5 heteroatoms. The van der Waals surface area contributed by atoms with E-state index in [-0.39, 0.29) is 10.9 Å². The first-order chi connectivity index (χ1) is 9.01. The summed E-state index contributed by atoms with van der Waals surface area (Å²) in [6, 6.07) is 5.63. The lowest BCUT2D eigenvalue weighted by Gasteiger charge is -2.15. The van der Waals surface area contributed by atoms with Gasteiger partial charge in [0.15, 0.2) is 5.17 Å². The van der Waals surface area contributed by atoms with Gasteiger partial charge in [0.1, 0.15) is 0 Å². The number of unbranched alkanes of at least 4 members (excludes halogenated alkanes) is 1. The molecular formula is C14H17BrClN3. The minimum atomic E-state index is 0.195. The third kappa shape index (κ3) is 4.27. The van der Waals surface area contributed by atoms with Crippen molar-refractivity contribution < 1.29 is 0 Å². The average Bonchev–Trinajstić information content (AvgIpc) is 2.37. The first-order valence-electron chi connectivity index (χ1n) is 6.03. The van der Waals surface area contributed by atoms with Gasteiger partial charge in [0.25, 0.3) is 0 Å². The lowest BCUT2D eigenvalue weighted by atomic mass is 9.99. The van der Waals surface area contributed by atoms with E-state index in [1.165, 1.54) is 12.8 Å². The van der Waals surface area contributed by atoms with Gasteiger partial charge in [-0.15, -0.1) is 0 Å². The summed E-state index contributed by atoms with van der Waals surface area (Å²) >= 11 is 9.14. The first-order valence-corrected chi connectivity index (χ1v) is 7.20. The van der Waals surface area contributed by atoms with Crippen molar-refractivity contribution in [2.45, 2.75) is 19.8 Å². The van der Waals surface area contributed by atoms with Gasteiger partial charge in [-0.1, -0.05) is 53.5 Å². The SMILES string of the molecule is C=C1C(=N)C(Cl)=Nc2cc(Br)ccc21.CCCCN. The molecule has 0 aliphatic carbocycles. The summed E-state index contributed by atoms with van der Waals surface area (Å²) in [6.45, 7) is 6.79. The molecule has 0 radical (unpaired) electrons. The van der Waals surface area contributed by atoms with Crippen LogP contribution in [0.25, 0.3) is 5.57 Å². The van der Waals surface area contributed by atoms with Crippen molar-refractivity contribution in [3.63, 3.8) is 0 Å². The summed E-state index contributed by atoms with van der Waals surface area (Å²) in [7, 11) is 0. The molecule has 0 fully saturated rings. The smallest absolute Gasteiger partial charge is 0.155 e. The lowest BCUT2D eigenvalue weighted by Crippen LogP contribution is -2.12. The van der Waals surface area contributed by atoms with Crippen molar-refractivity contribution in [1.29, 1.82) is 5.41 Å². The summed E-state index contributed by atoms with van der Waals surface area (Å²) in [4.78, 5) is 4.10. The largest absolute Gasteiger partial charge is 0.330 e. The fraction of sp³-hybridized carbons (Fsp3) is 0.286. The van der Waals surface area contributed by atoms with Crippen LogP contribution in [0.5, 0.6) is 0 Å². The Balaban J connectivity index is 0.000000312. The molecule has 1 aliphatic heterocycles. The number of aliphatic imine (C=N–C) groups is 1. The minimum absolute atomic E-state index is 0.195. The van der Waals surface area contributed by atoms with Gasteiger partial charge in [0, 0.05) is 15.6 Å². The van der Waals surface area contributed by atoms with Gasteiger partial charge in [0.2, 0.25) is 0 Å². The molecule has 0 unspecified atom stereocenters. The molecule has 0 spiro atoms. The zero-order chi connectivity index (χ0) is 14.4. The molecule has 19 heavy (non-hydrogen) atoms. The summed E-state index contributed by atoms with van der Waals surface area (Å²) in [5.41, 5.74) is 7.57. The highest BCUT2D eigenvalue weighted by molar-refractivity contribution is 9.10. The summed E-state index contributed by atoms with van der Waals surface area (Å²) in [5.74, 6) is 0. The second-order valence-electron chi connectivity index (χ2n) is 4.06. The van der Waals surface area contributed by atoms with Crippen LogP contribution in [0.2, 0.25) is 0 Å². The zero-order valence-electron chi connectivity index (χ0n) is 10.8. The highest BCUT2D eigenvalue weighted by atomic mass is 79.9. The molecule has 0 saturated carbocycles. The molecule has 1 heterocycles. The number of halogens is 2. The molecule has 1 aliphatic rings. The molecular weight excluding hydrogens is 326 g/mol. The molecule has 0 amide bonds. The van der Waals surface area contributed by atoms with E-state index < -0.39 is 0 Å². The topological polar surface area (TPSA) is 62.2 Å². The summed E-state index contributed by atoms with van der Waals surface area (Å²) in [5, 5.41) is 7.81. The molecule has 3 nitrogen and oxygen atoms in total. The molecule has 1 aromatic rings. The van der Waals surface area contributed by atoms with E-state index in [9.17, 15) is 0 Å². The third-order valence-electron chi connectivity index (χ3n) is 2.57. The Hall–Kier alpha value is -0.970. The number of nitrogens with zero attached hydrogens (tertiary/aromatic N) is 1. The van der Waals surface area contributed by atoms with Crippen LogP contribution in [0.3, 0.4) is 0 Å². The van der Waals surface area contributed by atoms with E-state index in [4.69, 9.17) is 22.7 Å². The number of fused-ring (bicyclic) bond motifs is 1. The monoisotopic (exact) mass is 341 g/mol. The second kappa shape index (κ2) is 7.58. The van der Waals surface area contributed by atoms with Crippen LogP contribution in [-0.4, -0.2) is 17.4 Å². The van der Waals surface area contributed by atoms with Crippen molar-refractivity contribution in [2.24, 2.45) is 10.7 Å². The van der Waals surface area contributed by atoms with E-state index in [0.717, 1.165) is 22.3 Å². The van der Waals surface area contributed by atoms with Crippen molar-refractivity contribution in [3.8, 4) is 0 Å². The van der Waals surface area contributed by atoms with Crippen molar-refractivity contribution >= 4 is 49.7 Å². The Kier molecular flexibility index (Phi) is 6.42. The fourth-order valence-electron chi connectivity index (χ4n) is 1.48. The van der Waals surface area contributed by atoms with E-state index in [0.29, 0.717) is 5.57 Å². The van der Waals surface area contributed by atoms with E-state index in [2.05, 4.69) is 34.4 Å². The van der Waals surface area contributed by atoms with Crippen molar-refractivity contribution in [2.75, 3.05) is 6.54 Å². The number of nitrogens with two attached hydrogens (primary N) is 1. The van der Waals surface area contributed by atoms with Crippen LogP contribution in [0.15, 0.2) is 34.2 Å². The maximum atomic E-state index is 7.61. The Morgan fingerprint density at radius 1 is 1.47 bits per heavy atom. The zero-order valence-corrected chi connectivity index (χ0v) is 13.2. The van der Waals surface area contributed by atoms with Crippen LogP contribution in [0, 0.1) is 5.41 Å². The molecule has 0 aromatic heterocycles. The maximum Gasteiger partial charge on any atom is 0.155 e. The van der Waals surface area contributed by atoms with Gasteiger partial charge < -0.3 is 5.73 Å². The van der Waals surface area contributed by atoms with Crippen molar-refractivity contribution in [3.05, 3.63) is 34.8 Å². The van der Waals surface area contributed by atoms with Crippen LogP contribution in [0.1, 0.15) is 25.3 Å². The van der Waals surface area contributed by atoms with Crippen molar-refractivity contribution in [1.82, 2.24) is 0 Å². The number of rotatable bonds is 2. The molecule has 2 rings (SSSR count). The Morgan fingerprint density at radius 3 is 2.68 bits per heavy atom. The standard InChI is InChI=1S/C10H6BrClN2.C4H11N/c1-5-7-3-2-6(11)4-8(7)14-10(12)9(5)13;1-2-3-4-5/h2-4,13H,1H2;2-5H2,1H3. The quantitative estimate of drug-likeness (QED) is 0.816. The van der Waals surface area contributed by atoms with Gasteiger partial charge in [-0.25, -0.2) is 4.99 Å². The average molecular weight is 343 g/mol. The predicted octanol–water partition coefficient (Wildman–Crippen LogP) is 4.51. The second-order valence-corrected chi connectivity index (χ2v) is 5.33. The summed E-state index contributed by atoms with van der Waals surface area (Å²) in [6.07, 6.45) is 2.39. The minimum Gasteiger partial charge on any atom is -0.330 e. The Labute approximate surface area is 127 Å².